The van der Waals surface area contributed by atoms with Gasteiger partial charge in [-0.1, -0.05) is 6.07 Å². The van der Waals surface area contributed by atoms with Crippen LogP contribution in [0.1, 0.15) is 15.9 Å². The molecule has 4 aromatic rings. The number of hydrogen-bond acceptors (Lipinski definition) is 8. The van der Waals surface area contributed by atoms with E-state index in [1.54, 1.807) is 40.6 Å². The quantitative estimate of drug-likeness (QED) is 0.361. The Balaban J connectivity index is 1.59. The summed E-state index contributed by atoms with van der Waals surface area (Å²) in [6.45, 7) is 0.435. The summed E-state index contributed by atoms with van der Waals surface area (Å²) in [6.07, 6.45) is 2.10. The van der Waals surface area contributed by atoms with Crippen LogP contribution in [0.3, 0.4) is 0 Å². The van der Waals surface area contributed by atoms with Gasteiger partial charge >= 0.3 is 0 Å². The molecule has 0 saturated carbocycles. The molecule has 0 bridgehead atoms. The zero-order chi connectivity index (χ0) is 25.5. The number of ether oxygens (including phenoxy) is 4. The van der Waals surface area contributed by atoms with Crippen molar-refractivity contribution in [1.29, 1.82) is 0 Å². The Bertz CT molecular complexity index is 1340. The van der Waals surface area contributed by atoms with Gasteiger partial charge in [0.2, 0.25) is 0 Å². The van der Waals surface area contributed by atoms with Crippen molar-refractivity contribution in [3.63, 3.8) is 0 Å². The van der Waals surface area contributed by atoms with E-state index in [1.807, 2.05) is 42.5 Å². The average Bonchev–Trinajstić information content (AvgIpc) is 3.47. The lowest BCUT2D eigenvalue weighted by Gasteiger charge is -2.14. The second kappa shape index (κ2) is 11.2. The van der Waals surface area contributed by atoms with Crippen LogP contribution in [0.4, 0.5) is 0 Å². The highest BCUT2D eigenvalue weighted by atomic mass is 16.5. The first-order valence-electron chi connectivity index (χ1n) is 11.2. The molecule has 1 heterocycles. The Morgan fingerprint density at radius 3 is 2.36 bits per heavy atom. The molecule has 0 aliphatic carbocycles. The van der Waals surface area contributed by atoms with Gasteiger partial charge in [0.15, 0.2) is 11.5 Å². The Hall–Kier alpha value is -4.60. The van der Waals surface area contributed by atoms with Crippen molar-refractivity contribution >= 4 is 5.91 Å². The fourth-order valence-corrected chi connectivity index (χ4v) is 3.81. The van der Waals surface area contributed by atoms with Gasteiger partial charge in [0.25, 0.3) is 5.91 Å². The van der Waals surface area contributed by atoms with E-state index in [4.69, 9.17) is 18.9 Å². The maximum absolute atomic E-state index is 13.2. The topological polar surface area (TPSA) is 110 Å². The van der Waals surface area contributed by atoms with E-state index in [-0.39, 0.29) is 5.91 Å². The molecule has 1 aromatic heterocycles. The first-order chi connectivity index (χ1) is 17.6. The van der Waals surface area contributed by atoms with E-state index in [0.29, 0.717) is 47.2 Å². The lowest BCUT2D eigenvalue weighted by molar-refractivity contribution is 0.0954. The van der Waals surface area contributed by atoms with E-state index in [0.717, 1.165) is 16.7 Å². The minimum atomic E-state index is -0.223. The number of amides is 1. The van der Waals surface area contributed by atoms with Gasteiger partial charge in [0.1, 0.15) is 17.8 Å². The van der Waals surface area contributed by atoms with Crippen LogP contribution in [-0.2, 0) is 6.42 Å². The van der Waals surface area contributed by atoms with Crippen LogP contribution >= 0.6 is 0 Å². The van der Waals surface area contributed by atoms with Crippen LogP contribution < -0.4 is 24.3 Å². The summed E-state index contributed by atoms with van der Waals surface area (Å²) in [7, 11) is 6.37. The number of carbonyl (C=O) groups excluding carboxylic acids is 1. The van der Waals surface area contributed by atoms with E-state index < -0.39 is 0 Å². The van der Waals surface area contributed by atoms with Crippen molar-refractivity contribution in [2.24, 2.45) is 0 Å². The van der Waals surface area contributed by atoms with Crippen molar-refractivity contribution in [2.75, 3.05) is 35.0 Å². The first-order valence-corrected chi connectivity index (χ1v) is 11.2. The van der Waals surface area contributed by atoms with Gasteiger partial charge in [-0.15, -0.1) is 5.10 Å². The number of methoxy groups -OCH3 is 4. The van der Waals surface area contributed by atoms with Gasteiger partial charge in [0, 0.05) is 23.7 Å². The van der Waals surface area contributed by atoms with Crippen LogP contribution in [0.25, 0.3) is 16.8 Å². The minimum absolute atomic E-state index is 0.223. The highest BCUT2D eigenvalue weighted by Crippen LogP contribution is 2.35. The van der Waals surface area contributed by atoms with Crippen LogP contribution in [0, 0.1) is 0 Å². The second-order valence-corrected chi connectivity index (χ2v) is 7.78. The van der Waals surface area contributed by atoms with Crippen LogP contribution in [0.2, 0.25) is 0 Å². The van der Waals surface area contributed by atoms with Gasteiger partial charge in [-0.05, 0) is 70.4 Å². The largest absolute Gasteiger partial charge is 0.497 e. The molecule has 3 aromatic carbocycles. The highest BCUT2D eigenvalue weighted by molar-refractivity contribution is 5.96. The summed E-state index contributed by atoms with van der Waals surface area (Å²) < 4.78 is 23.0. The number of benzene rings is 3. The standard InChI is InChI=1S/C26H27N5O5/c1-33-21-6-7-22(24(15-21)35-3)18-12-19(14-20(13-18)31-16-28-29-30-31)26(32)27-10-9-17-5-8-23(34-2)25(11-17)36-4/h5-8,11-16H,9-10H2,1-4H3,(H,27,32). The van der Waals surface area contributed by atoms with E-state index in [9.17, 15) is 4.79 Å². The third kappa shape index (κ3) is 5.38. The van der Waals surface area contributed by atoms with Gasteiger partial charge in [-0.2, -0.15) is 0 Å². The van der Waals surface area contributed by atoms with Gasteiger partial charge in [-0.3, -0.25) is 4.79 Å². The number of rotatable bonds is 10. The van der Waals surface area contributed by atoms with Crippen molar-refractivity contribution in [3.8, 4) is 39.8 Å². The molecule has 0 saturated heterocycles. The van der Waals surface area contributed by atoms with Crippen LogP contribution in [0.15, 0.2) is 60.9 Å². The molecule has 186 valence electrons. The summed E-state index contributed by atoms with van der Waals surface area (Å²) in [5, 5.41) is 14.4. The zero-order valence-corrected chi connectivity index (χ0v) is 20.5. The molecule has 4 rings (SSSR count). The Kier molecular flexibility index (Phi) is 7.64. The summed E-state index contributed by atoms with van der Waals surface area (Å²) in [5.74, 6) is 2.36. The molecule has 36 heavy (non-hydrogen) atoms. The third-order valence-corrected chi connectivity index (χ3v) is 5.66. The minimum Gasteiger partial charge on any atom is -0.497 e. The molecule has 10 nitrogen and oxygen atoms in total. The number of tetrazole rings is 1. The second-order valence-electron chi connectivity index (χ2n) is 7.78. The number of nitrogens with zero attached hydrogens (tertiary/aromatic N) is 4. The summed E-state index contributed by atoms with van der Waals surface area (Å²) in [6, 6.07) is 16.6. The Labute approximate surface area is 208 Å². The van der Waals surface area contributed by atoms with Crippen LogP contribution in [0.5, 0.6) is 23.0 Å². The molecule has 0 spiro atoms. The molecule has 0 aliphatic rings. The number of aromatic nitrogens is 4. The molecule has 0 radical (unpaired) electrons. The van der Waals surface area contributed by atoms with Crippen molar-refractivity contribution in [1.82, 2.24) is 25.5 Å². The number of hydrogen-bond donors (Lipinski definition) is 1. The maximum Gasteiger partial charge on any atom is 0.251 e. The third-order valence-electron chi connectivity index (χ3n) is 5.66. The molecule has 0 fully saturated rings. The predicted molar refractivity (Wildman–Crippen MR) is 133 cm³/mol. The Morgan fingerprint density at radius 2 is 1.67 bits per heavy atom. The van der Waals surface area contributed by atoms with E-state index in [1.165, 1.54) is 11.0 Å². The number of carbonyl (C=O) groups is 1. The SMILES string of the molecule is COc1ccc(-c2cc(C(=O)NCCc3ccc(OC)c(OC)c3)cc(-n3cnnn3)c2)c(OC)c1. The van der Waals surface area contributed by atoms with Crippen molar-refractivity contribution in [2.45, 2.75) is 6.42 Å². The smallest absolute Gasteiger partial charge is 0.251 e. The molecular weight excluding hydrogens is 462 g/mol. The molecule has 10 heteroatoms. The average molecular weight is 490 g/mol. The van der Waals surface area contributed by atoms with Crippen molar-refractivity contribution in [3.05, 3.63) is 72.1 Å². The molecule has 1 N–H and O–H groups in total. The van der Waals surface area contributed by atoms with Crippen molar-refractivity contribution < 1.29 is 23.7 Å². The molecule has 0 aliphatic heterocycles. The summed E-state index contributed by atoms with van der Waals surface area (Å²) in [4.78, 5) is 13.2. The molecule has 1 amide bonds. The normalized spacial score (nSPS) is 10.6. The fourth-order valence-electron chi connectivity index (χ4n) is 3.81. The van der Waals surface area contributed by atoms with Crippen LogP contribution in [-0.4, -0.2) is 61.1 Å². The first kappa shape index (κ1) is 24.5. The lowest BCUT2D eigenvalue weighted by atomic mass is 10.00. The maximum atomic E-state index is 13.2. The predicted octanol–water partition coefficient (Wildman–Crippen LogP) is 3.34. The van der Waals surface area contributed by atoms with Gasteiger partial charge in [-0.25, -0.2) is 4.68 Å². The monoisotopic (exact) mass is 489 g/mol. The van der Waals surface area contributed by atoms with E-state index >= 15 is 0 Å². The Morgan fingerprint density at radius 1 is 0.861 bits per heavy atom. The van der Waals surface area contributed by atoms with Gasteiger partial charge in [0.05, 0.1) is 34.1 Å². The summed E-state index contributed by atoms with van der Waals surface area (Å²) in [5.41, 5.74) is 3.68. The zero-order valence-electron chi connectivity index (χ0n) is 20.5. The van der Waals surface area contributed by atoms with E-state index in [2.05, 4.69) is 20.8 Å². The lowest BCUT2D eigenvalue weighted by Crippen LogP contribution is -2.26. The molecule has 0 unspecified atom stereocenters. The summed E-state index contributed by atoms with van der Waals surface area (Å²) >= 11 is 0. The molecular formula is C26H27N5O5. The number of nitrogens with one attached hydrogen (secondary N) is 1. The fraction of sp³-hybridized carbons (Fsp3) is 0.231. The highest BCUT2D eigenvalue weighted by Gasteiger charge is 2.15. The van der Waals surface area contributed by atoms with Gasteiger partial charge < -0.3 is 24.3 Å². The molecule has 0 atom stereocenters.